The Morgan fingerprint density at radius 3 is 2.68 bits per heavy atom. The number of carboxylic acid groups (broad SMARTS) is 1. The highest BCUT2D eigenvalue weighted by atomic mass is 32.2. The second-order valence-corrected chi connectivity index (χ2v) is 5.32. The number of piperazine rings is 1. The first-order valence-electron chi connectivity index (χ1n) is 5.63. The molecule has 2 aliphatic heterocycles. The number of urea groups is 1. The predicted molar refractivity (Wildman–Crippen MR) is 65.3 cm³/mol. The van der Waals surface area contributed by atoms with Gasteiger partial charge in [0.15, 0.2) is 0 Å². The van der Waals surface area contributed by atoms with Crippen LogP contribution in [0.15, 0.2) is 0 Å². The van der Waals surface area contributed by atoms with Gasteiger partial charge in [-0.15, -0.1) is 11.8 Å². The van der Waals surface area contributed by atoms with E-state index in [1.54, 1.807) is 0 Å². The second-order valence-electron chi connectivity index (χ2n) is 4.32. The van der Waals surface area contributed by atoms with Crippen molar-refractivity contribution in [1.29, 1.82) is 0 Å². The van der Waals surface area contributed by atoms with Gasteiger partial charge < -0.3 is 14.9 Å². The fourth-order valence-corrected chi connectivity index (χ4v) is 3.09. The molecule has 2 fully saturated rings. The molecule has 2 atom stereocenters. The third kappa shape index (κ3) is 2.50. The van der Waals surface area contributed by atoms with E-state index in [2.05, 4.69) is 5.32 Å². The Morgan fingerprint density at radius 1 is 1.37 bits per heavy atom. The minimum atomic E-state index is -1.08. The molecule has 0 saturated carbocycles. The van der Waals surface area contributed by atoms with Crippen LogP contribution in [0.1, 0.15) is 6.92 Å². The van der Waals surface area contributed by atoms with E-state index in [1.807, 2.05) is 0 Å². The first kappa shape index (κ1) is 13.7. The van der Waals surface area contributed by atoms with Crippen LogP contribution in [0.25, 0.3) is 0 Å². The molecule has 19 heavy (non-hydrogen) atoms. The van der Waals surface area contributed by atoms with Crippen molar-refractivity contribution in [3.8, 4) is 0 Å². The maximum atomic E-state index is 12.3. The highest BCUT2D eigenvalue weighted by molar-refractivity contribution is 7.99. The Labute approximate surface area is 113 Å². The lowest BCUT2D eigenvalue weighted by Gasteiger charge is -2.35. The van der Waals surface area contributed by atoms with Crippen molar-refractivity contribution >= 4 is 35.6 Å². The Hall–Kier alpha value is -1.77. The van der Waals surface area contributed by atoms with Gasteiger partial charge in [0.1, 0.15) is 18.6 Å². The molecule has 0 aromatic rings. The molecular weight excluding hydrogens is 274 g/mol. The summed E-state index contributed by atoms with van der Waals surface area (Å²) < 4.78 is 0. The lowest BCUT2D eigenvalue weighted by Crippen LogP contribution is -2.62. The fraction of sp³-hybridized carbons (Fsp3) is 0.600. The highest BCUT2D eigenvalue weighted by Gasteiger charge is 2.41. The molecule has 9 heteroatoms. The average molecular weight is 287 g/mol. The van der Waals surface area contributed by atoms with Crippen molar-refractivity contribution in [2.24, 2.45) is 0 Å². The molecule has 8 nitrogen and oxygen atoms in total. The molecule has 0 spiro atoms. The van der Waals surface area contributed by atoms with E-state index in [-0.39, 0.29) is 12.4 Å². The summed E-state index contributed by atoms with van der Waals surface area (Å²) in [6.07, 6.45) is 0. The van der Waals surface area contributed by atoms with Crippen molar-refractivity contribution in [2.45, 2.75) is 19.0 Å². The summed E-state index contributed by atoms with van der Waals surface area (Å²) in [4.78, 5) is 48.4. The first-order chi connectivity index (χ1) is 8.91. The van der Waals surface area contributed by atoms with Crippen molar-refractivity contribution in [1.82, 2.24) is 15.1 Å². The van der Waals surface area contributed by atoms with E-state index in [1.165, 1.54) is 23.6 Å². The molecule has 2 N–H and O–H groups in total. The number of hydrogen-bond acceptors (Lipinski definition) is 5. The van der Waals surface area contributed by atoms with Crippen LogP contribution in [-0.4, -0.2) is 69.0 Å². The van der Waals surface area contributed by atoms with Gasteiger partial charge in [0.05, 0.1) is 5.88 Å². The molecule has 0 aliphatic carbocycles. The summed E-state index contributed by atoms with van der Waals surface area (Å²) in [6.45, 7) is 1.26. The van der Waals surface area contributed by atoms with Gasteiger partial charge in [0, 0.05) is 5.75 Å². The number of nitrogens with one attached hydrogen (secondary N) is 1. The van der Waals surface area contributed by atoms with E-state index >= 15 is 0 Å². The number of carbonyl (C=O) groups is 4. The molecular formula is C10H13N3O5S. The molecule has 0 radical (unpaired) electrons. The van der Waals surface area contributed by atoms with Gasteiger partial charge >= 0.3 is 12.0 Å². The van der Waals surface area contributed by atoms with Crippen LogP contribution in [0.2, 0.25) is 0 Å². The Balaban J connectivity index is 2.16. The van der Waals surface area contributed by atoms with E-state index < -0.39 is 35.9 Å². The zero-order valence-corrected chi connectivity index (χ0v) is 11.0. The number of carboxylic acids is 1. The molecule has 1 unspecified atom stereocenters. The number of nitrogens with zero attached hydrogens (tertiary/aromatic N) is 2. The maximum Gasteiger partial charge on any atom is 0.327 e. The van der Waals surface area contributed by atoms with Crippen LogP contribution in [0, 0.1) is 0 Å². The summed E-state index contributed by atoms with van der Waals surface area (Å²) in [7, 11) is 0. The fourth-order valence-electron chi connectivity index (χ4n) is 1.95. The van der Waals surface area contributed by atoms with Crippen LogP contribution >= 0.6 is 11.8 Å². The van der Waals surface area contributed by atoms with Gasteiger partial charge in [-0.2, -0.15) is 0 Å². The SMILES string of the molecule is CC1C(=O)NC(=O)CN1C(=O)N1CSC[C@H]1C(=O)O. The van der Waals surface area contributed by atoms with E-state index in [0.717, 1.165) is 4.90 Å². The lowest BCUT2D eigenvalue weighted by molar-refractivity contribution is -0.141. The van der Waals surface area contributed by atoms with Gasteiger partial charge in [-0.3, -0.25) is 14.9 Å². The molecule has 0 aromatic carbocycles. The van der Waals surface area contributed by atoms with Crippen LogP contribution in [0.5, 0.6) is 0 Å². The van der Waals surface area contributed by atoms with Gasteiger partial charge in [0.25, 0.3) is 0 Å². The number of thioether (sulfide) groups is 1. The van der Waals surface area contributed by atoms with E-state index in [4.69, 9.17) is 5.11 Å². The van der Waals surface area contributed by atoms with E-state index in [0.29, 0.717) is 5.75 Å². The Morgan fingerprint density at radius 2 is 2.05 bits per heavy atom. The van der Waals surface area contributed by atoms with Gasteiger partial charge in [0.2, 0.25) is 11.8 Å². The van der Waals surface area contributed by atoms with Crippen LogP contribution in [-0.2, 0) is 14.4 Å². The number of carbonyl (C=O) groups excluding carboxylic acids is 3. The number of imide groups is 1. The Kier molecular flexibility index (Phi) is 3.65. The molecule has 4 amide bonds. The van der Waals surface area contributed by atoms with E-state index in [9.17, 15) is 19.2 Å². The lowest BCUT2D eigenvalue weighted by atomic mass is 10.2. The summed E-state index contributed by atoms with van der Waals surface area (Å²) in [6, 6.07) is -2.29. The summed E-state index contributed by atoms with van der Waals surface area (Å²) >= 11 is 1.33. The molecule has 2 rings (SSSR count). The van der Waals surface area contributed by atoms with Crippen molar-refractivity contribution in [2.75, 3.05) is 18.2 Å². The molecule has 2 saturated heterocycles. The van der Waals surface area contributed by atoms with Gasteiger partial charge in [-0.05, 0) is 6.92 Å². The number of hydrogen-bond donors (Lipinski definition) is 2. The average Bonchev–Trinajstić information content (AvgIpc) is 2.82. The van der Waals surface area contributed by atoms with Crippen LogP contribution in [0.4, 0.5) is 4.79 Å². The standard InChI is InChI=1S/C10H13N3O5S/c1-5-8(15)11-7(14)2-12(5)10(18)13-4-19-3-6(13)9(16)17/h5-6H,2-4H2,1H3,(H,16,17)(H,11,14,15)/t5?,6-/m0/s1. The van der Waals surface area contributed by atoms with Crippen LogP contribution in [0.3, 0.4) is 0 Å². The maximum absolute atomic E-state index is 12.3. The van der Waals surface area contributed by atoms with Crippen LogP contribution < -0.4 is 5.32 Å². The van der Waals surface area contributed by atoms with Crippen molar-refractivity contribution in [3.63, 3.8) is 0 Å². The largest absolute Gasteiger partial charge is 0.480 e. The minimum absolute atomic E-state index is 0.237. The smallest absolute Gasteiger partial charge is 0.327 e. The molecule has 2 heterocycles. The molecule has 2 aliphatic rings. The Bertz CT molecular complexity index is 454. The normalized spacial score (nSPS) is 27.4. The summed E-state index contributed by atoms with van der Waals surface area (Å²) in [5.74, 6) is -1.64. The second kappa shape index (κ2) is 5.08. The first-order valence-corrected chi connectivity index (χ1v) is 6.78. The number of aliphatic carboxylic acids is 1. The van der Waals surface area contributed by atoms with Gasteiger partial charge in [-0.25, -0.2) is 9.59 Å². The third-order valence-electron chi connectivity index (χ3n) is 3.08. The number of rotatable bonds is 1. The highest BCUT2D eigenvalue weighted by Crippen LogP contribution is 2.23. The zero-order chi connectivity index (χ0) is 14.2. The quantitative estimate of drug-likeness (QED) is 0.594. The summed E-state index contributed by atoms with van der Waals surface area (Å²) in [5, 5.41) is 11.2. The summed E-state index contributed by atoms with van der Waals surface area (Å²) in [5.41, 5.74) is 0. The van der Waals surface area contributed by atoms with Gasteiger partial charge in [-0.1, -0.05) is 0 Å². The zero-order valence-electron chi connectivity index (χ0n) is 10.2. The third-order valence-corrected chi connectivity index (χ3v) is 4.09. The number of amides is 4. The molecule has 0 aromatic heterocycles. The minimum Gasteiger partial charge on any atom is -0.480 e. The monoisotopic (exact) mass is 287 g/mol. The predicted octanol–water partition coefficient (Wildman–Crippen LogP) is -1.09. The molecule has 0 bridgehead atoms. The molecule has 104 valence electrons. The van der Waals surface area contributed by atoms with Crippen molar-refractivity contribution in [3.05, 3.63) is 0 Å². The topological polar surface area (TPSA) is 107 Å². The van der Waals surface area contributed by atoms with Crippen molar-refractivity contribution < 1.29 is 24.3 Å².